The van der Waals surface area contributed by atoms with E-state index < -0.39 is 11.1 Å². The first kappa shape index (κ1) is 26.6. The number of thiophene rings is 1. The third-order valence-electron chi connectivity index (χ3n) is 7.40. The van der Waals surface area contributed by atoms with Crippen molar-refractivity contribution in [3.05, 3.63) is 80.2 Å². The van der Waals surface area contributed by atoms with E-state index in [2.05, 4.69) is 10.3 Å². The third-order valence-corrected chi connectivity index (χ3v) is 8.81. The summed E-state index contributed by atoms with van der Waals surface area (Å²) in [6, 6.07) is 12.9. The molecule has 2 aromatic carbocycles. The Morgan fingerprint density at radius 3 is 2.65 bits per heavy atom. The molecule has 7 nitrogen and oxygen atoms in total. The Kier molecular flexibility index (Phi) is 6.74. The number of aromatic nitrogens is 2. The summed E-state index contributed by atoms with van der Waals surface area (Å²) in [5.74, 6) is 0.486. The van der Waals surface area contributed by atoms with Crippen LogP contribution < -0.4 is 10.9 Å². The number of piperidine rings is 1. The van der Waals surface area contributed by atoms with Crippen molar-refractivity contribution < 1.29 is 22.7 Å². The molecule has 6 rings (SSSR count). The van der Waals surface area contributed by atoms with E-state index in [1.54, 1.807) is 40.7 Å². The van der Waals surface area contributed by atoms with Gasteiger partial charge in [0.2, 0.25) is 0 Å². The number of alkyl halides is 3. The van der Waals surface area contributed by atoms with Crippen LogP contribution in [0.5, 0.6) is 0 Å². The SMILES string of the molecule is Cc1nc2cc(-c3ccc(C(F)(F)F)s3)c(N[C@H]3CCN4C(=O)OC[C@@H]4C3)cc2c(=O)n1Cc1ccc(Cl)cc1. The van der Waals surface area contributed by atoms with Gasteiger partial charge in [-0.25, -0.2) is 9.78 Å². The number of carbonyl (C=O) groups excluding carboxylic acids is 1. The zero-order valence-corrected chi connectivity index (χ0v) is 22.9. The second kappa shape index (κ2) is 10.1. The van der Waals surface area contributed by atoms with Gasteiger partial charge in [-0.3, -0.25) is 9.36 Å². The van der Waals surface area contributed by atoms with Gasteiger partial charge >= 0.3 is 12.3 Å². The van der Waals surface area contributed by atoms with Gasteiger partial charge in [0, 0.05) is 33.7 Å². The summed E-state index contributed by atoms with van der Waals surface area (Å²) in [5, 5.41) is 4.42. The van der Waals surface area contributed by atoms with Crippen molar-refractivity contribution in [3.8, 4) is 10.4 Å². The van der Waals surface area contributed by atoms with Crippen LogP contribution in [0.2, 0.25) is 5.02 Å². The molecule has 0 radical (unpaired) electrons. The third kappa shape index (κ3) is 5.03. The van der Waals surface area contributed by atoms with E-state index in [1.807, 2.05) is 12.1 Å². The van der Waals surface area contributed by atoms with Crippen LogP contribution in [-0.2, 0) is 17.5 Å². The van der Waals surface area contributed by atoms with Crippen molar-refractivity contribution in [2.75, 3.05) is 18.5 Å². The molecule has 2 fully saturated rings. The average Bonchev–Trinajstić information content (AvgIpc) is 3.55. The number of nitrogens with one attached hydrogen (secondary N) is 1. The number of hydrogen-bond acceptors (Lipinski definition) is 6. The van der Waals surface area contributed by atoms with E-state index in [-0.39, 0.29) is 23.7 Å². The number of ether oxygens (including phenoxy) is 1. The van der Waals surface area contributed by atoms with Gasteiger partial charge in [0.25, 0.3) is 5.56 Å². The van der Waals surface area contributed by atoms with Gasteiger partial charge in [0.1, 0.15) is 17.3 Å². The minimum Gasteiger partial charge on any atom is -0.447 e. The number of benzene rings is 2. The molecule has 208 valence electrons. The number of hydrogen-bond donors (Lipinski definition) is 1. The maximum absolute atomic E-state index is 13.7. The molecule has 4 aromatic rings. The molecule has 0 spiro atoms. The van der Waals surface area contributed by atoms with Gasteiger partial charge in [-0.05, 0) is 61.7 Å². The van der Waals surface area contributed by atoms with Crippen molar-refractivity contribution in [1.29, 1.82) is 0 Å². The van der Waals surface area contributed by atoms with Gasteiger partial charge in [0.05, 0.1) is 23.5 Å². The van der Waals surface area contributed by atoms with Crippen molar-refractivity contribution in [2.45, 2.75) is 44.6 Å². The summed E-state index contributed by atoms with van der Waals surface area (Å²) in [6.07, 6.45) is -3.53. The fourth-order valence-corrected chi connectivity index (χ4v) is 6.38. The smallest absolute Gasteiger partial charge is 0.425 e. The fraction of sp³-hybridized carbons (Fsp3) is 0.321. The first-order valence-electron chi connectivity index (χ1n) is 12.7. The van der Waals surface area contributed by atoms with Crippen LogP contribution in [0.25, 0.3) is 21.3 Å². The van der Waals surface area contributed by atoms with Crippen LogP contribution in [-0.4, -0.2) is 45.8 Å². The summed E-state index contributed by atoms with van der Waals surface area (Å²) in [5.41, 5.74) is 2.12. The molecule has 0 unspecified atom stereocenters. The highest BCUT2D eigenvalue weighted by Gasteiger charge is 2.38. The maximum atomic E-state index is 13.7. The van der Waals surface area contributed by atoms with Crippen LogP contribution in [0.4, 0.5) is 23.7 Å². The van der Waals surface area contributed by atoms with E-state index in [0.29, 0.717) is 81.8 Å². The van der Waals surface area contributed by atoms with Crippen molar-refractivity contribution >= 4 is 45.6 Å². The minimum absolute atomic E-state index is 0.0660. The number of nitrogens with zero attached hydrogens (tertiary/aromatic N) is 3. The van der Waals surface area contributed by atoms with Crippen LogP contribution in [0.15, 0.2) is 53.3 Å². The Morgan fingerprint density at radius 2 is 1.93 bits per heavy atom. The highest BCUT2D eigenvalue weighted by Crippen LogP contribution is 2.42. The number of amides is 1. The van der Waals surface area contributed by atoms with Gasteiger partial charge in [-0.2, -0.15) is 13.2 Å². The monoisotopic (exact) mass is 588 g/mol. The highest BCUT2D eigenvalue weighted by atomic mass is 35.5. The van der Waals surface area contributed by atoms with Crippen molar-refractivity contribution in [3.63, 3.8) is 0 Å². The largest absolute Gasteiger partial charge is 0.447 e. The standard InChI is InChI=1S/C28H24ClF3N4O3S/c1-15-33-23-11-20(24-6-7-25(40-24)28(30,31)32)22(34-18-8-9-35-19(10-18)14-39-27(35)38)12-21(23)26(37)36(15)13-16-2-4-17(29)5-3-16/h2-7,11-12,18-19,34H,8-10,13-14H2,1H3/t18-,19-/m0/s1. The van der Waals surface area contributed by atoms with Crippen LogP contribution in [0, 0.1) is 6.92 Å². The molecule has 0 saturated carbocycles. The lowest BCUT2D eigenvalue weighted by Gasteiger charge is -2.33. The quantitative estimate of drug-likeness (QED) is 0.286. The number of halogens is 4. The lowest BCUT2D eigenvalue weighted by molar-refractivity contribution is -0.134. The van der Waals surface area contributed by atoms with Crippen LogP contribution >= 0.6 is 22.9 Å². The number of cyclic esters (lactones) is 1. The highest BCUT2D eigenvalue weighted by molar-refractivity contribution is 7.15. The number of anilines is 1. The summed E-state index contributed by atoms with van der Waals surface area (Å²) in [6.45, 7) is 2.84. The molecule has 0 aliphatic carbocycles. The Labute approximate surface area is 236 Å². The maximum Gasteiger partial charge on any atom is 0.425 e. The van der Waals surface area contributed by atoms with E-state index in [1.165, 1.54) is 6.07 Å². The molecule has 2 aliphatic heterocycles. The summed E-state index contributed by atoms with van der Waals surface area (Å²) < 4.78 is 47.1. The van der Waals surface area contributed by atoms with Gasteiger partial charge in [0.15, 0.2) is 0 Å². The van der Waals surface area contributed by atoms with Crippen molar-refractivity contribution in [2.24, 2.45) is 0 Å². The molecule has 1 N–H and O–H groups in total. The van der Waals surface area contributed by atoms with Gasteiger partial charge < -0.3 is 15.0 Å². The Bertz CT molecular complexity index is 1670. The molecule has 2 aliphatic rings. The fourth-order valence-electron chi connectivity index (χ4n) is 5.35. The molecule has 0 bridgehead atoms. The normalized spacial score (nSPS) is 19.1. The Hall–Kier alpha value is -3.57. The zero-order chi connectivity index (χ0) is 28.2. The number of fused-ring (bicyclic) bond motifs is 2. The molecular weight excluding hydrogens is 565 g/mol. The molecule has 2 atom stereocenters. The van der Waals surface area contributed by atoms with Gasteiger partial charge in [-0.15, -0.1) is 11.3 Å². The lowest BCUT2D eigenvalue weighted by atomic mass is 9.97. The predicted molar refractivity (Wildman–Crippen MR) is 148 cm³/mol. The van der Waals surface area contributed by atoms with Gasteiger partial charge in [-0.1, -0.05) is 23.7 Å². The molecule has 40 heavy (non-hydrogen) atoms. The van der Waals surface area contributed by atoms with E-state index in [0.717, 1.165) is 11.6 Å². The number of carbonyl (C=O) groups is 1. The lowest BCUT2D eigenvalue weighted by Crippen LogP contribution is -2.45. The molecule has 2 saturated heterocycles. The first-order chi connectivity index (χ1) is 19.1. The van der Waals surface area contributed by atoms with Crippen LogP contribution in [0.1, 0.15) is 29.1 Å². The zero-order valence-electron chi connectivity index (χ0n) is 21.3. The molecular formula is C28H24ClF3N4O3S. The van der Waals surface area contributed by atoms with E-state index in [9.17, 15) is 22.8 Å². The second-order valence-corrected chi connectivity index (χ2v) is 11.6. The number of rotatable bonds is 5. The summed E-state index contributed by atoms with van der Waals surface area (Å²) in [4.78, 5) is 31.7. The number of aryl methyl sites for hydroxylation is 1. The average molecular weight is 589 g/mol. The van der Waals surface area contributed by atoms with E-state index >= 15 is 0 Å². The first-order valence-corrected chi connectivity index (χ1v) is 13.9. The molecule has 12 heteroatoms. The minimum atomic E-state index is -4.46. The topological polar surface area (TPSA) is 76.5 Å². The predicted octanol–water partition coefficient (Wildman–Crippen LogP) is 6.55. The van der Waals surface area contributed by atoms with Crippen LogP contribution in [0.3, 0.4) is 0 Å². The molecule has 4 heterocycles. The summed E-state index contributed by atoms with van der Waals surface area (Å²) in [7, 11) is 0. The van der Waals surface area contributed by atoms with E-state index in [4.69, 9.17) is 16.3 Å². The Morgan fingerprint density at radius 1 is 1.15 bits per heavy atom. The second-order valence-electron chi connectivity index (χ2n) is 10.0. The summed E-state index contributed by atoms with van der Waals surface area (Å²) >= 11 is 6.65. The Balaban J connectivity index is 1.42. The van der Waals surface area contributed by atoms with Crippen molar-refractivity contribution in [1.82, 2.24) is 14.5 Å². The molecule has 1 amide bonds. The molecule has 2 aromatic heterocycles.